The second-order valence-corrected chi connectivity index (χ2v) is 9.96. The van der Waals surface area contributed by atoms with Gasteiger partial charge in [0, 0.05) is 47.1 Å². The maximum absolute atomic E-state index is 13.1. The molecule has 3 heterocycles. The minimum atomic E-state index is -3.57. The van der Waals surface area contributed by atoms with Crippen LogP contribution < -0.4 is 5.43 Å². The van der Waals surface area contributed by atoms with Gasteiger partial charge in [-0.15, -0.1) is 0 Å². The molecule has 9 nitrogen and oxygen atoms in total. The first-order valence-electron chi connectivity index (χ1n) is 10.7. The summed E-state index contributed by atoms with van der Waals surface area (Å²) in [5.41, 5.74) is 8.22. The standard InChI is InChI=1S/C23H28N6O3S/c1-16-12-17(2)26-23(25-16)27-24-15-20-13-18(3)29(19(20)4)21-6-5-7-22(14-21)33(30,31)28-8-10-32-11-9-28/h5-7,12-15H,8-11H2,1-4H3,(H,25,26,27)/b24-15-. The monoisotopic (exact) mass is 468 g/mol. The highest BCUT2D eigenvalue weighted by molar-refractivity contribution is 7.89. The van der Waals surface area contributed by atoms with Crippen molar-refractivity contribution in [1.82, 2.24) is 18.8 Å². The molecule has 0 aliphatic carbocycles. The molecule has 4 rings (SSSR count). The Balaban J connectivity index is 1.60. The first-order chi connectivity index (χ1) is 15.8. The number of nitrogens with one attached hydrogen (secondary N) is 1. The van der Waals surface area contributed by atoms with E-state index in [1.165, 1.54) is 4.31 Å². The highest BCUT2D eigenvalue weighted by Crippen LogP contribution is 2.24. The van der Waals surface area contributed by atoms with Crippen molar-refractivity contribution in [3.63, 3.8) is 0 Å². The Bertz CT molecular complexity index is 1270. The zero-order valence-corrected chi connectivity index (χ0v) is 20.1. The predicted octanol–water partition coefficient (Wildman–Crippen LogP) is 2.97. The summed E-state index contributed by atoms with van der Waals surface area (Å²) >= 11 is 0. The third-order valence-electron chi connectivity index (χ3n) is 5.50. The van der Waals surface area contributed by atoms with Crippen molar-refractivity contribution in [3.05, 3.63) is 64.7 Å². The minimum Gasteiger partial charge on any atom is -0.379 e. The number of hydrogen-bond donors (Lipinski definition) is 1. The summed E-state index contributed by atoms with van der Waals surface area (Å²) in [5.74, 6) is 0.443. The third kappa shape index (κ3) is 4.97. The first-order valence-corrected chi connectivity index (χ1v) is 12.2. The maximum atomic E-state index is 13.1. The van der Waals surface area contributed by atoms with Crippen molar-refractivity contribution in [1.29, 1.82) is 0 Å². The molecular formula is C23H28N6O3S. The number of hydrogen-bond acceptors (Lipinski definition) is 7. The highest BCUT2D eigenvalue weighted by atomic mass is 32.2. The van der Waals surface area contributed by atoms with Crippen LogP contribution in [0.4, 0.5) is 5.95 Å². The Morgan fingerprint density at radius 2 is 1.73 bits per heavy atom. The van der Waals surface area contributed by atoms with E-state index in [1.54, 1.807) is 24.4 Å². The van der Waals surface area contributed by atoms with Crippen LogP contribution in [-0.2, 0) is 14.8 Å². The summed E-state index contributed by atoms with van der Waals surface area (Å²) < 4.78 is 35.0. The van der Waals surface area contributed by atoms with Crippen LogP contribution in [0.2, 0.25) is 0 Å². The van der Waals surface area contributed by atoms with Gasteiger partial charge in [-0.1, -0.05) is 6.07 Å². The van der Waals surface area contributed by atoms with Crippen molar-refractivity contribution < 1.29 is 13.2 Å². The Hall–Kier alpha value is -3.08. The zero-order valence-electron chi connectivity index (χ0n) is 19.2. The third-order valence-corrected chi connectivity index (χ3v) is 7.40. The molecule has 0 bridgehead atoms. The average molecular weight is 469 g/mol. The number of morpholine rings is 1. The molecule has 1 N–H and O–H groups in total. The fraction of sp³-hybridized carbons (Fsp3) is 0.348. The fourth-order valence-electron chi connectivity index (χ4n) is 3.97. The van der Waals surface area contributed by atoms with Crippen LogP contribution >= 0.6 is 0 Å². The predicted molar refractivity (Wildman–Crippen MR) is 128 cm³/mol. The Kier molecular flexibility index (Phi) is 6.59. The van der Waals surface area contributed by atoms with E-state index >= 15 is 0 Å². The van der Waals surface area contributed by atoms with Gasteiger partial charge in [-0.25, -0.2) is 23.8 Å². The van der Waals surface area contributed by atoms with Crippen molar-refractivity contribution >= 4 is 22.2 Å². The quantitative estimate of drug-likeness (QED) is 0.441. The highest BCUT2D eigenvalue weighted by Gasteiger charge is 2.26. The number of rotatable bonds is 6. The molecule has 0 amide bonds. The molecule has 1 fully saturated rings. The first kappa shape index (κ1) is 23.1. The van der Waals surface area contributed by atoms with Crippen LogP contribution in [0, 0.1) is 27.7 Å². The number of benzene rings is 1. The van der Waals surface area contributed by atoms with Crippen LogP contribution in [0.15, 0.2) is 46.4 Å². The van der Waals surface area contributed by atoms with Gasteiger partial charge < -0.3 is 9.30 Å². The molecule has 0 unspecified atom stereocenters. The minimum absolute atomic E-state index is 0.276. The second-order valence-electron chi connectivity index (χ2n) is 8.02. The van der Waals surface area contributed by atoms with E-state index in [-0.39, 0.29) is 4.90 Å². The summed E-state index contributed by atoms with van der Waals surface area (Å²) in [4.78, 5) is 8.91. The molecule has 0 radical (unpaired) electrons. The van der Waals surface area contributed by atoms with Gasteiger partial charge in [-0.2, -0.15) is 9.41 Å². The van der Waals surface area contributed by atoms with Gasteiger partial charge in [0.05, 0.1) is 24.3 Å². The van der Waals surface area contributed by atoms with E-state index in [4.69, 9.17) is 4.74 Å². The normalized spacial score (nSPS) is 15.3. The fourth-order valence-corrected chi connectivity index (χ4v) is 5.42. The SMILES string of the molecule is Cc1cc(C)nc(N/N=C\c2cc(C)n(-c3cccc(S(=O)(=O)N4CCOCC4)c3)c2C)n1. The molecule has 10 heteroatoms. The second kappa shape index (κ2) is 9.42. The summed E-state index contributed by atoms with van der Waals surface area (Å²) in [6.45, 7) is 9.34. The number of anilines is 1. The molecule has 1 aliphatic rings. The van der Waals surface area contributed by atoms with Gasteiger partial charge in [0.15, 0.2) is 0 Å². The van der Waals surface area contributed by atoms with Gasteiger partial charge in [0.2, 0.25) is 16.0 Å². The molecule has 33 heavy (non-hydrogen) atoms. The van der Waals surface area contributed by atoms with E-state index < -0.39 is 10.0 Å². The number of sulfonamides is 1. The summed E-state index contributed by atoms with van der Waals surface area (Å²) in [7, 11) is -3.57. The van der Waals surface area contributed by atoms with Gasteiger partial charge in [0.25, 0.3) is 0 Å². The molecule has 0 atom stereocenters. The van der Waals surface area contributed by atoms with Crippen molar-refractivity contribution in [3.8, 4) is 5.69 Å². The Morgan fingerprint density at radius 1 is 1.03 bits per heavy atom. The molecule has 0 spiro atoms. The number of ether oxygens (including phenoxy) is 1. The lowest BCUT2D eigenvalue weighted by Crippen LogP contribution is -2.40. The lowest BCUT2D eigenvalue weighted by Gasteiger charge is -2.26. The molecule has 3 aromatic rings. The van der Waals surface area contributed by atoms with Crippen LogP contribution in [0.1, 0.15) is 28.3 Å². The number of aryl methyl sites for hydroxylation is 3. The van der Waals surface area contributed by atoms with Crippen molar-refractivity contribution in [2.24, 2.45) is 5.10 Å². The summed E-state index contributed by atoms with van der Waals surface area (Å²) in [6.07, 6.45) is 1.72. The molecule has 1 aliphatic heterocycles. The lowest BCUT2D eigenvalue weighted by molar-refractivity contribution is 0.0730. The van der Waals surface area contributed by atoms with E-state index in [9.17, 15) is 8.42 Å². The van der Waals surface area contributed by atoms with Gasteiger partial charge >= 0.3 is 0 Å². The van der Waals surface area contributed by atoms with E-state index in [2.05, 4.69) is 20.5 Å². The summed E-state index contributed by atoms with van der Waals surface area (Å²) in [5, 5.41) is 4.29. The summed E-state index contributed by atoms with van der Waals surface area (Å²) in [6, 6.07) is 10.9. The van der Waals surface area contributed by atoms with Crippen LogP contribution in [-0.4, -0.2) is 59.8 Å². The van der Waals surface area contributed by atoms with Gasteiger partial charge in [0.1, 0.15) is 0 Å². The maximum Gasteiger partial charge on any atom is 0.243 e. The van der Waals surface area contributed by atoms with Crippen molar-refractivity contribution in [2.75, 3.05) is 31.7 Å². The largest absolute Gasteiger partial charge is 0.379 e. The molecule has 2 aromatic heterocycles. The van der Waals surface area contributed by atoms with Crippen LogP contribution in [0.25, 0.3) is 5.69 Å². The Labute approximate surface area is 194 Å². The molecule has 174 valence electrons. The smallest absolute Gasteiger partial charge is 0.243 e. The van der Waals surface area contributed by atoms with Crippen molar-refractivity contribution in [2.45, 2.75) is 32.6 Å². The lowest BCUT2D eigenvalue weighted by atomic mass is 10.2. The molecule has 1 aromatic carbocycles. The van der Waals surface area contributed by atoms with E-state index in [0.717, 1.165) is 34.0 Å². The zero-order chi connectivity index (χ0) is 23.6. The average Bonchev–Trinajstić information content (AvgIpc) is 3.07. The number of hydrazone groups is 1. The Morgan fingerprint density at radius 3 is 2.42 bits per heavy atom. The van der Waals surface area contributed by atoms with Crippen LogP contribution in [0.3, 0.4) is 0 Å². The van der Waals surface area contributed by atoms with Gasteiger partial charge in [-0.05, 0) is 58.0 Å². The van der Waals surface area contributed by atoms with E-state index in [1.807, 2.05) is 50.5 Å². The number of aromatic nitrogens is 3. The topological polar surface area (TPSA) is 102 Å². The number of nitrogens with zero attached hydrogens (tertiary/aromatic N) is 5. The van der Waals surface area contributed by atoms with Gasteiger partial charge in [-0.3, -0.25) is 0 Å². The molecule has 1 saturated heterocycles. The molecule has 0 saturated carbocycles. The molecular weight excluding hydrogens is 440 g/mol. The van der Waals surface area contributed by atoms with E-state index in [0.29, 0.717) is 32.3 Å². The van der Waals surface area contributed by atoms with Crippen LogP contribution in [0.5, 0.6) is 0 Å².